The first kappa shape index (κ1) is 15.2. The van der Waals surface area contributed by atoms with E-state index in [1.807, 2.05) is 6.92 Å². The van der Waals surface area contributed by atoms with Gasteiger partial charge in [0.15, 0.2) is 0 Å². The van der Waals surface area contributed by atoms with Crippen LogP contribution in [-0.4, -0.2) is 40.3 Å². The van der Waals surface area contributed by atoms with Gasteiger partial charge in [-0.1, -0.05) is 13.8 Å². The molecule has 2 heterocycles. The number of nitrogens with one attached hydrogen (secondary N) is 1. The van der Waals surface area contributed by atoms with Gasteiger partial charge < -0.3 is 10.2 Å². The number of hydrogen-bond acceptors (Lipinski definition) is 5. The number of carbonyl (C=O) groups is 1. The molecule has 1 aliphatic heterocycles. The Balaban J connectivity index is 2.30. The Kier molecular flexibility index (Phi) is 4.72. The van der Waals surface area contributed by atoms with Gasteiger partial charge in [-0.15, -0.1) is 0 Å². The van der Waals surface area contributed by atoms with E-state index in [-0.39, 0.29) is 17.2 Å². The number of rotatable bonds is 5. The summed E-state index contributed by atoms with van der Waals surface area (Å²) in [6.07, 6.45) is 3.03. The Morgan fingerprint density at radius 2 is 2.38 bits per heavy atom. The Labute approximate surface area is 123 Å². The maximum atomic E-state index is 12.6. The lowest BCUT2D eigenvalue weighted by molar-refractivity contribution is -0.385. The fourth-order valence-corrected chi connectivity index (χ4v) is 2.39. The summed E-state index contributed by atoms with van der Waals surface area (Å²) in [4.78, 5) is 28.7. The molecule has 0 radical (unpaired) electrons. The highest BCUT2D eigenvalue weighted by Gasteiger charge is 2.27. The second-order valence-electron chi connectivity index (χ2n) is 5.42. The zero-order valence-electron chi connectivity index (χ0n) is 12.3. The predicted octanol–water partition coefficient (Wildman–Crippen LogP) is 2.29. The maximum absolute atomic E-state index is 12.6. The fourth-order valence-electron chi connectivity index (χ4n) is 2.39. The molecular weight excluding hydrogens is 272 g/mol. The van der Waals surface area contributed by atoms with Crippen molar-refractivity contribution in [2.24, 2.45) is 5.92 Å². The summed E-state index contributed by atoms with van der Waals surface area (Å²) in [5.41, 5.74) is 0.124. The van der Waals surface area contributed by atoms with E-state index in [0.29, 0.717) is 31.4 Å². The summed E-state index contributed by atoms with van der Waals surface area (Å²) >= 11 is 0. The smallest absolute Gasteiger partial charge is 0.288 e. The molecule has 1 unspecified atom stereocenters. The average molecular weight is 292 g/mol. The minimum Gasteiger partial charge on any atom is -0.369 e. The van der Waals surface area contributed by atoms with E-state index < -0.39 is 4.92 Å². The van der Waals surface area contributed by atoms with Crippen molar-refractivity contribution in [3.8, 4) is 0 Å². The number of nitrogens with zero attached hydrogens (tertiary/aromatic N) is 3. The molecule has 0 aliphatic carbocycles. The largest absolute Gasteiger partial charge is 0.369 e. The first-order chi connectivity index (χ1) is 10.0. The monoisotopic (exact) mass is 292 g/mol. The number of nitro groups is 1. The summed E-state index contributed by atoms with van der Waals surface area (Å²) in [7, 11) is 0. The third-order valence-electron chi connectivity index (χ3n) is 3.57. The summed E-state index contributed by atoms with van der Waals surface area (Å²) in [6.45, 7) is 6.14. The standard InChI is InChI=1S/C14H20N4O3/c1-3-5-15-13-12(7-11(8-16-13)18(20)21)14(19)17-6-4-10(2)9-17/h7-8,10H,3-6,9H2,1-2H3,(H,15,16). The second-order valence-corrected chi connectivity index (χ2v) is 5.42. The fraction of sp³-hybridized carbons (Fsp3) is 0.571. The van der Waals surface area contributed by atoms with Gasteiger partial charge in [0.05, 0.1) is 10.5 Å². The molecule has 0 saturated carbocycles. The number of likely N-dealkylation sites (tertiary alicyclic amines) is 1. The first-order valence-corrected chi connectivity index (χ1v) is 7.20. The zero-order valence-corrected chi connectivity index (χ0v) is 12.3. The van der Waals surface area contributed by atoms with E-state index in [2.05, 4.69) is 17.2 Å². The van der Waals surface area contributed by atoms with Crippen molar-refractivity contribution in [3.05, 3.63) is 27.9 Å². The molecule has 1 aliphatic rings. The van der Waals surface area contributed by atoms with Crippen molar-refractivity contribution in [2.45, 2.75) is 26.7 Å². The number of amides is 1. The van der Waals surface area contributed by atoms with Gasteiger partial charge in [-0.25, -0.2) is 4.98 Å². The molecule has 0 spiro atoms. The van der Waals surface area contributed by atoms with Crippen LogP contribution >= 0.6 is 0 Å². The van der Waals surface area contributed by atoms with E-state index in [0.717, 1.165) is 12.8 Å². The second kappa shape index (κ2) is 6.51. The molecule has 0 bridgehead atoms. The molecular formula is C14H20N4O3. The van der Waals surface area contributed by atoms with Crippen LogP contribution in [0.3, 0.4) is 0 Å². The van der Waals surface area contributed by atoms with Crippen molar-refractivity contribution in [1.82, 2.24) is 9.88 Å². The lowest BCUT2D eigenvalue weighted by Crippen LogP contribution is -2.29. The predicted molar refractivity (Wildman–Crippen MR) is 79.4 cm³/mol. The molecule has 1 N–H and O–H groups in total. The van der Waals surface area contributed by atoms with Crippen molar-refractivity contribution in [3.63, 3.8) is 0 Å². The topological polar surface area (TPSA) is 88.4 Å². The highest BCUT2D eigenvalue weighted by atomic mass is 16.6. The molecule has 1 saturated heterocycles. The average Bonchev–Trinajstić information content (AvgIpc) is 2.90. The van der Waals surface area contributed by atoms with E-state index in [1.54, 1.807) is 4.90 Å². The molecule has 1 amide bonds. The van der Waals surface area contributed by atoms with Crippen molar-refractivity contribution < 1.29 is 9.72 Å². The minimum atomic E-state index is -0.528. The van der Waals surface area contributed by atoms with Crippen molar-refractivity contribution in [2.75, 3.05) is 25.0 Å². The number of hydrogen-bond donors (Lipinski definition) is 1. The van der Waals surface area contributed by atoms with Gasteiger partial charge in [0.2, 0.25) is 0 Å². The molecule has 1 atom stereocenters. The van der Waals surface area contributed by atoms with E-state index >= 15 is 0 Å². The van der Waals surface area contributed by atoms with Gasteiger partial charge in [-0.2, -0.15) is 0 Å². The lowest BCUT2D eigenvalue weighted by atomic mass is 10.2. The minimum absolute atomic E-state index is 0.160. The Hall–Kier alpha value is -2.18. The summed E-state index contributed by atoms with van der Waals surface area (Å²) < 4.78 is 0. The van der Waals surface area contributed by atoms with Gasteiger partial charge in [0.1, 0.15) is 12.0 Å². The zero-order chi connectivity index (χ0) is 15.4. The molecule has 1 fully saturated rings. The van der Waals surface area contributed by atoms with Crippen LogP contribution in [0.2, 0.25) is 0 Å². The van der Waals surface area contributed by atoms with E-state index in [1.165, 1.54) is 12.3 Å². The highest BCUT2D eigenvalue weighted by Crippen LogP contribution is 2.24. The van der Waals surface area contributed by atoms with Crippen LogP contribution in [0.25, 0.3) is 0 Å². The maximum Gasteiger partial charge on any atom is 0.288 e. The Morgan fingerprint density at radius 3 is 2.95 bits per heavy atom. The van der Waals surface area contributed by atoms with Crippen LogP contribution in [0.4, 0.5) is 11.5 Å². The molecule has 21 heavy (non-hydrogen) atoms. The van der Waals surface area contributed by atoms with Gasteiger partial charge in [0.25, 0.3) is 11.6 Å². The Bertz CT molecular complexity index is 547. The molecule has 0 aromatic carbocycles. The number of pyridine rings is 1. The van der Waals surface area contributed by atoms with Crippen LogP contribution in [-0.2, 0) is 0 Å². The van der Waals surface area contributed by atoms with Crippen LogP contribution < -0.4 is 5.32 Å². The Morgan fingerprint density at radius 1 is 1.62 bits per heavy atom. The highest BCUT2D eigenvalue weighted by molar-refractivity contribution is 5.99. The molecule has 7 nitrogen and oxygen atoms in total. The number of carbonyl (C=O) groups excluding carboxylic acids is 1. The third kappa shape index (κ3) is 3.48. The van der Waals surface area contributed by atoms with E-state index in [4.69, 9.17) is 0 Å². The molecule has 1 aromatic rings. The van der Waals surface area contributed by atoms with E-state index in [9.17, 15) is 14.9 Å². The van der Waals surface area contributed by atoms with Crippen LogP contribution in [0.1, 0.15) is 37.0 Å². The van der Waals surface area contributed by atoms with Gasteiger partial charge in [-0.3, -0.25) is 14.9 Å². The SMILES string of the molecule is CCCNc1ncc([N+](=O)[O-])cc1C(=O)N1CCC(C)C1. The molecule has 1 aromatic heterocycles. The van der Waals surface area contributed by atoms with Gasteiger partial charge in [0, 0.05) is 25.7 Å². The molecule has 114 valence electrons. The van der Waals surface area contributed by atoms with Crippen LogP contribution in [0, 0.1) is 16.0 Å². The molecule has 2 rings (SSSR count). The van der Waals surface area contributed by atoms with Gasteiger partial charge >= 0.3 is 0 Å². The summed E-state index contributed by atoms with van der Waals surface area (Å²) in [6, 6.07) is 1.32. The summed E-state index contributed by atoms with van der Waals surface area (Å²) in [5, 5.41) is 14.0. The van der Waals surface area contributed by atoms with Crippen LogP contribution in [0.5, 0.6) is 0 Å². The quantitative estimate of drug-likeness (QED) is 0.664. The third-order valence-corrected chi connectivity index (χ3v) is 3.57. The van der Waals surface area contributed by atoms with Crippen molar-refractivity contribution >= 4 is 17.4 Å². The summed E-state index contributed by atoms with van der Waals surface area (Å²) in [5.74, 6) is 0.703. The van der Waals surface area contributed by atoms with Gasteiger partial charge in [-0.05, 0) is 18.8 Å². The van der Waals surface area contributed by atoms with Crippen LogP contribution in [0.15, 0.2) is 12.3 Å². The lowest BCUT2D eigenvalue weighted by Gasteiger charge is -2.18. The molecule has 7 heteroatoms. The number of aromatic nitrogens is 1. The first-order valence-electron chi connectivity index (χ1n) is 7.20. The number of anilines is 1. The normalized spacial score (nSPS) is 17.8. The van der Waals surface area contributed by atoms with Crippen molar-refractivity contribution in [1.29, 1.82) is 0 Å².